The van der Waals surface area contributed by atoms with E-state index in [9.17, 15) is 4.39 Å². The lowest BCUT2D eigenvalue weighted by atomic mass is 10.2. The predicted octanol–water partition coefficient (Wildman–Crippen LogP) is 2.50. The zero-order chi connectivity index (χ0) is 14.7. The maximum absolute atomic E-state index is 13.7. The summed E-state index contributed by atoms with van der Waals surface area (Å²) in [5, 5.41) is 3.42. The summed E-state index contributed by atoms with van der Waals surface area (Å²) in [6.07, 6.45) is 5.98. The van der Waals surface area contributed by atoms with Gasteiger partial charge in [0.15, 0.2) is 0 Å². The Hall–Kier alpha value is -2.01. The smallest absolute Gasteiger partial charge is 0.147 e. The molecule has 0 atom stereocenters. The van der Waals surface area contributed by atoms with Crippen LogP contribution < -0.4 is 10.2 Å². The van der Waals surface area contributed by atoms with Crippen molar-refractivity contribution in [1.82, 2.24) is 15.3 Å². The summed E-state index contributed by atoms with van der Waals surface area (Å²) in [6.45, 7) is 1.21. The normalized spacial score (nSPS) is 14.2. The van der Waals surface area contributed by atoms with Gasteiger partial charge in [-0.25, -0.2) is 9.37 Å². The highest BCUT2D eigenvalue weighted by Gasteiger charge is 2.20. The minimum Gasteiger partial charge on any atom is -0.354 e. The standard InChI is InChI=1S/C16H19FN4/c1-21(11-12-4-2-3-5-15(12)17)16-10-18-8-14(20-16)9-19-13-6-7-13/h2-5,8,10,13,19H,6-7,9,11H2,1H3. The summed E-state index contributed by atoms with van der Waals surface area (Å²) in [5.41, 5.74) is 1.57. The summed E-state index contributed by atoms with van der Waals surface area (Å²) in [6, 6.07) is 7.45. The second-order valence-corrected chi connectivity index (χ2v) is 5.47. The minimum absolute atomic E-state index is 0.191. The molecule has 4 nitrogen and oxygen atoms in total. The number of nitrogens with zero attached hydrogens (tertiary/aromatic N) is 3. The van der Waals surface area contributed by atoms with Crippen LogP contribution in [0.5, 0.6) is 0 Å². The zero-order valence-corrected chi connectivity index (χ0v) is 12.1. The zero-order valence-electron chi connectivity index (χ0n) is 12.1. The van der Waals surface area contributed by atoms with Crippen molar-refractivity contribution < 1.29 is 4.39 Å². The Kier molecular flexibility index (Phi) is 4.10. The molecule has 1 saturated carbocycles. The van der Waals surface area contributed by atoms with Crippen LogP contribution in [-0.2, 0) is 13.1 Å². The van der Waals surface area contributed by atoms with E-state index in [0.717, 1.165) is 18.1 Å². The highest BCUT2D eigenvalue weighted by molar-refractivity contribution is 5.37. The lowest BCUT2D eigenvalue weighted by Crippen LogP contribution is -2.21. The van der Waals surface area contributed by atoms with E-state index >= 15 is 0 Å². The molecule has 5 heteroatoms. The molecule has 110 valence electrons. The second kappa shape index (κ2) is 6.18. The predicted molar refractivity (Wildman–Crippen MR) is 80.4 cm³/mol. The Morgan fingerprint density at radius 2 is 2.10 bits per heavy atom. The number of rotatable bonds is 6. The first-order chi connectivity index (χ1) is 10.2. The van der Waals surface area contributed by atoms with Gasteiger partial charge in [-0.05, 0) is 18.9 Å². The van der Waals surface area contributed by atoms with Gasteiger partial charge in [0, 0.05) is 37.9 Å². The largest absolute Gasteiger partial charge is 0.354 e. The first-order valence-electron chi connectivity index (χ1n) is 7.21. The van der Waals surface area contributed by atoms with E-state index in [2.05, 4.69) is 15.3 Å². The highest BCUT2D eigenvalue weighted by Crippen LogP contribution is 2.19. The van der Waals surface area contributed by atoms with Crippen molar-refractivity contribution in [3.8, 4) is 0 Å². The van der Waals surface area contributed by atoms with Crippen molar-refractivity contribution in [2.24, 2.45) is 0 Å². The van der Waals surface area contributed by atoms with Gasteiger partial charge < -0.3 is 10.2 Å². The summed E-state index contributed by atoms with van der Waals surface area (Å²) < 4.78 is 13.7. The summed E-state index contributed by atoms with van der Waals surface area (Å²) >= 11 is 0. The molecule has 0 spiro atoms. The summed E-state index contributed by atoms with van der Waals surface area (Å²) in [5.74, 6) is 0.567. The topological polar surface area (TPSA) is 41.1 Å². The number of hydrogen-bond acceptors (Lipinski definition) is 4. The van der Waals surface area contributed by atoms with Gasteiger partial charge in [0.1, 0.15) is 11.6 Å². The van der Waals surface area contributed by atoms with Crippen LogP contribution in [0, 0.1) is 5.82 Å². The molecule has 1 aromatic heterocycles. The average molecular weight is 286 g/mol. The lowest BCUT2D eigenvalue weighted by molar-refractivity contribution is 0.607. The fraction of sp³-hybridized carbons (Fsp3) is 0.375. The molecule has 0 saturated heterocycles. The van der Waals surface area contributed by atoms with E-state index in [1.54, 1.807) is 24.5 Å². The minimum atomic E-state index is -0.191. The van der Waals surface area contributed by atoms with E-state index in [0.29, 0.717) is 18.2 Å². The third-order valence-electron chi connectivity index (χ3n) is 3.58. The van der Waals surface area contributed by atoms with Gasteiger partial charge in [-0.2, -0.15) is 0 Å². The van der Waals surface area contributed by atoms with Crippen LogP contribution in [0.15, 0.2) is 36.7 Å². The molecule has 2 aromatic rings. The number of aromatic nitrogens is 2. The number of benzene rings is 1. The van der Waals surface area contributed by atoms with Crippen LogP contribution in [0.1, 0.15) is 24.1 Å². The SMILES string of the molecule is CN(Cc1ccccc1F)c1cncc(CNC2CC2)n1. The fourth-order valence-corrected chi connectivity index (χ4v) is 2.16. The first-order valence-corrected chi connectivity index (χ1v) is 7.21. The van der Waals surface area contributed by atoms with Gasteiger partial charge in [-0.1, -0.05) is 18.2 Å². The molecule has 1 aliphatic rings. The van der Waals surface area contributed by atoms with Crippen molar-refractivity contribution in [1.29, 1.82) is 0 Å². The van der Waals surface area contributed by atoms with Gasteiger partial charge >= 0.3 is 0 Å². The van der Waals surface area contributed by atoms with Crippen LogP contribution in [0.2, 0.25) is 0 Å². The van der Waals surface area contributed by atoms with Crippen LogP contribution in [0.25, 0.3) is 0 Å². The molecular weight excluding hydrogens is 267 g/mol. The highest BCUT2D eigenvalue weighted by atomic mass is 19.1. The van der Waals surface area contributed by atoms with E-state index in [1.807, 2.05) is 18.0 Å². The van der Waals surface area contributed by atoms with Gasteiger partial charge in [0.25, 0.3) is 0 Å². The van der Waals surface area contributed by atoms with Crippen LogP contribution >= 0.6 is 0 Å². The molecule has 1 heterocycles. The molecule has 1 N–H and O–H groups in total. The number of nitrogens with one attached hydrogen (secondary N) is 1. The van der Waals surface area contributed by atoms with E-state index in [4.69, 9.17) is 0 Å². The van der Waals surface area contributed by atoms with Crippen molar-refractivity contribution in [3.63, 3.8) is 0 Å². The van der Waals surface area contributed by atoms with Crippen molar-refractivity contribution in [2.45, 2.75) is 32.0 Å². The Labute approximate surface area is 124 Å². The molecule has 0 radical (unpaired) electrons. The van der Waals surface area contributed by atoms with Crippen molar-refractivity contribution >= 4 is 5.82 Å². The Morgan fingerprint density at radius 1 is 1.29 bits per heavy atom. The Balaban J connectivity index is 1.67. The lowest BCUT2D eigenvalue weighted by Gasteiger charge is -2.18. The molecule has 3 rings (SSSR count). The molecule has 1 fully saturated rings. The molecule has 0 bridgehead atoms. The molecular formula is C16H19FN4. The average Bonchev–Trinajstić information content (AvgIpc) is 3.32. The van der Waals surface area contributed by atoms with E-state index in [-0.39, 0.29) is 5.82 Å². The van der Waals surface area contributed by atoms with E-state index in [1.165, 1.54) is 18.9 Å². The summed E-state index contributed by atoms with van der Waals surface area (Å²) in [4.78, 5) is 10.7. The monoisotopic (exact) mass is 286 g/mol. The van der Waals surface area contributed by atoms with Gasteiger partial charge in [-0.3, -0.25) is 4.98 Å². The van der Waals surface area contributed by atoms with Gasteiger partial charge in [0.05, 0.1) is 11.9 Å². The second-order valence-electron chi connectivity index (χ2n) is 5.47. The number of hydrogen-bond donors (Lipinski definition) is 1. The third-order valence-corrected chi connectivity index (χ3v) is 3.58. The van der Waals surface area contributed by atoms with Crippen molar-refractivity contribution in [2.75, 3.05) is 11.9 Å². The number of anilines is 1. The summed E-state index contributed by atoms with van der Waals surface area (Å²) in [7, 11) is 1.90. The Morgan fingerprint density at radius 3 is 2.86 bits per heavy atom. The van der Waals surface area contributed by atoms with Gasteiger partial charge in [0.2, 0.25) is 0 Å². The quantitative estimate of drug-likeness (QED) is 0.886. The molecule has 21 heavy (non-hydrogen) atoms. The maximum atomic E-state index is 13.7. The van der Waals surface area contributed by atoms with E-state index < -0.39 is 0 Å². The van der Waals surface area contributed by atoms with Crippen LogP contribution in [0.3, 0.4) is 0 Å². The fourth-order valence-electron chi connectivity index (χ4n) is 2.16. The van der Waals surface area contributed by atoms with Crippen molar-refractivity contribution in [3.05, 3.63) is 53.7 Å². The molecule has 0 aliphatic heterocycles. The maximum Gasteiger partial charge on any atom is 0.147 e. The van der Waals surface area contributed by atoms with Gasteiger partial charge in [-0.15, -0.1) is 0 Å². The van der Waals surface area contributed by atoms with Crippen LogP contribution in [-0.4, -0.2) is 23.1 Å². The molecule has 1 aliphatic carbocycles. The molecule has 1 aromatic carbocycles. The number of halogens is 1. The van der Waals surface area contributed by atoms with Crippen LogP contribution in [0.4, 0.5) is 10.2 Å². The third kappa shape index (κ3) is 3.76. The first kappa shape index (κ1) is 13.9. The molecule has 0 unspecified atom stereocenters. The molecule has 0 amide bonds. The Bertz CT molecular complexity index is 613.